The van der Waals surface area contributed by atoms with E-state index in [2.05, 4.69) is 20.1 Å². The zero-order valence-corrected chi connectivity index (χ0v) is 21.3. The number of nitrogens with zero attached hydrogens (tertiary/aromatic N) is 5. The van der Waals surface area contributed by atoms with Crippen molar-refractivity contribution in [3.05, 3.63) is 58.1 Å². The van der Waals surface area contributed by atoms with Crippen LogP contribution in [0.3, 0.4) is 0 Å². The summed E-state index contributed by atoms with van der Waals surface area (Å²) in [5.74, 6) is -0.362. The number of amides is 1. The Balaban J connectivity index is 2.06. The Kier molecular flexibility index (Phi) is 9.07. The third-order valence-electron chi connectivity index (χ3n) is 5.29. The third-order valence-corrected chi connectivity index (χ3v) is 6.03. The van der Waals surface area contributed by atoms with Crippen molar-refractivity contribution in [3.8, 4) is 11.9 Å². The Morgan fingerprint density at radius 3 is 2.67 bits per heavy atom. The highest BCUT2D eigenvalue weighted by Crippen LogP contribution is 2.28. The molecule has 0 radical (unpaired) electrons. The molecule has 2 aromatic rings. The average Bonchev–Trinajstić information content (AvgIpc) is 3.26. The molecule has 1 amide bonds. The number of halogens is 4. The van der Waals surface area contributed by atoms with Gasteiger partial charge in [0, 0.05) is 24.1 Å². The molecule has 8 nitrogen and oxygen atoms in total. The van der Waals surface area contributed by atoms with Gasteiger partial charge in [-0.3, -0.25) is 10.1 Å². The maximum absolute atomic E-state index is 13.0. The maximum Gasteiger partial charge on any atom is 0.387 e. The van der Waals surface area contributed by atoms with Crippen molar-refractivity contribution >= 4 is 46.5 Å². The van der Waals surface area contributed by atoms with Gasteiger partial charge in [0.2, 0.25) is 11.9 Å². The van der Waals surface area contributed by atoms with Crippen molar-refractivity contribution in [2.75, 3.05) is 13.1 Å². The van der Waals surface area contributed by atoms with Gasteiger partial charge in [-0.15, -0.1) is 0 Å². The van der Waals surface area contributed by atoms with Crippen LogP contribution in [0.1, 0.15) is 26.3 Å². The van der Waals surface area contributed by atoms with Crippen LogP contribution in [0.4, 0.5) is 14.5 Å². The van der Waals surface area contributed by atoms with Crippen LogP contribution in [0.25, 0.3) is 0 Å². The molecule has 0 fully saturated rings. The van der Waals surface area contributed by atoms with Gasteiger partial charge in [0.25, 0.3) is 0 Å². The van der Waals surface area contributed by atoms with Crippen molar-refractivity contribution < 1.29 is 18.3 Å². The molecule has 1 heterocycles. The molecule has 0 bridgehead atoms. The first-order chi connectivity index (χ1) is 17.1. The fraction of sp³-hybridized carbons (Fsp3) is 0.333. The smallest absolute Gasteiger partial charge is 0.387 e. The molecule has 1 N–H and O–H groups in total. The molecule has 2 aromatic carbocycles. The zero-order chi connectivity index (χ0) is 26.4. The van der Waals surface area contributed by atoms with E-state index in [0.717, 1.165) is 0 Å². The number of nitrogens with one attached hydrogen (secondary N) is 1. The summed E-state index contributed by atoms with van der Waals surface area (Å²) >= 11 is 12.3. The molecule has 12 heteroatoms. The third kappa shape index (κ3) is 6.42. The summed E-state index contributed by atoms with van der Waals surface area (Å²) in [6.45, 7) is 3.10. The molecule has 1 unspecified atom stereocenters. The van der Waals surface area contributed by atoms with E-state index in [4.69, 9.17) is 23.2 Å². The molecule has 1 aliphatic rings. The first-order valence-corrected chi connectivity index (χ1v) is 11.8. The van der Waals surface area contributed by atoms with Gasteiger partial charge in [0.15, 0.2) is 6.19 Å². The largest absolute Gasteiger partial charge is 0.435 e. The van der Waals surface area contributed by atoms with E-state index in [0.29, 0.717) is 27.9 Å². The van der Waals surface area contributed by atoms with Crippen LogP contribution in [0, 0.1) is 17.4 Å². The number of nitriles is 1. The minimum atomic E-state index is -2.99. The number of ether oxygens (including phenoxy) is 1. The number of benzene rings is 2. The van der Waals surface area contributed by atoms with E-state index in [1.54, 1.807) is 29.2 Å². The normalized spacial score (nSPS) is 15.7. The number of likely N-dealkylation sites (N-methyl/N-ethyl adjacent to an activating group) is 1. The summed E-state index contributed by atoms with van der Waals surface area (Å²) in [5, 5.41) is 18.6. The lowest BCUT2D eigenvalue weighted by Gasteiger charge is -2.30. The van der Waals surface area contributed by atoms with Crippen molar-refractivity contribution in [1.82, 2.24) is 15.2 Å². The van der Waals surface area contributed by atoms with Gasteiger partial charge in [-0.25, -0.2) is 10.0 Å². The lowest BCUT2D eigenvalue weighted by molar-refractivity contribution is -0.135. The molecule has 0 spiro atoms. The number of carbonyl (C=O) groups is 1. The van der Waals surface area contributed by atoms with Crippen molar-refractivity contribution in [2.45, 2.75) is 33.4 Å². The van der Waals surface area contributed by atoms with E-state index >= 15 is 0 Å². The number of hydrogen-bond acceptors (Lipinski definition) is 5. The van der Waals surface area contributed by atoms with E-state index in [1.807, 2.05) is 27.0 Å². The average molecular weight is 537 g/mol. The van der Waals surface area contributed by atoms with Gasteiger partial charge in [0.1, 0.15) is 5.75 Å². The Labute approximate surface area is 217 Å². The first-order valence-electron chi connectivity index (χ1n) is 11.0. The molecule has 36 heavy (non-hydrogen) atoms. The number of guanidine groups is 1. The number of carbonyl (C=O) groups excluding carboxylic acids is 1. The van der Waals surface area contributed by atoms with Gasteiger partial charge in [-0.1, -0.05) is 49.2 Å². The minimum Gasteiger partial charge on any atom is -0.435 e. The summed E-state index contributed by atoms with van der Waals surface area (Å²) in [6, 6.07) is 10.3. The molecule has 0 aliphatic carbocycles. The standard InChI is InChI=1S/C24H24Cl2F2N6O2/c1-4-33(22(35)14(2)3)20-12-34(32-21(20)15-8-9-18(25)19(26)10-15)24(30-13-29)31-16-6-5-7-17(11-16)36-23(27)28/h5-11,14,20,23H,4,12H2,1-3H3,(H,30,31). The SMILES string of the molecule is CCN(C(=O)C(C)C)C1CN(C(=Nc2cccc(OC(F)F)c2)NC#N)N=C1c1ccc(Cl)c(Cl)c1. The predicted molar refractivity (Wildman–Crippen MR) is 135 cm³/mol. The zero-order valence-electron chi connectivity index (χ0n) is 19.8. The van der Waals surface area contributed by atoms with Crippen LogP contribution in [0.5, 0.6) is 5.75 Å². The second-order valence-corrected chi connectivity index (χ2v) is 8.85. The summed E-state index contributed by atoms with van der Waals surface area (Å²) in [4.78, 5) is 19.1. The number of rotatable bonds is 7. The van der Waals surface area contributed by atoms with Crippen LogP contribution in [-0.4, -0.2) is 53.2 Å². The first kappa shape index (κ1) is 27.2. The lowest BCUT2D eigenvalue weighted by Crippen LogP contribution is -2.49. The molecule has 0 saturated heterocycles. The molecule has 1 atom stereocenters. The molecular weight excluding hydrogens is 513 g/mol. The molecule has 0 saturated carbocycles. The highest BCUT2D eigenvalue weighted by molar-refractivity contribution is 6.42. The summed E-state index contributed by atoms with van der Waals surface area (Å²) in [5.41, 5.74) is 1.44. The Morgan fingerprint density at radius 2 is 2.06 bits per heavy atom. The van der Waals surface area contributed by atoms with Crippen LogP contribution in [-0.2, 0) is 4.79 Å². The van der Waals surface area contributed by atoms with Crippen LogP contribution < -0.4 is 10.1 Å². The molecular formula is C24H24Cl2F2N6O2. The Hall–Kier alpha value is -3.42. The van der Waals surface area contributed by atoms with Crippen LogP contribution in [0.2, 0.25) is 10.0 Å². The Morgan fingerprint density at radius 1 is 1.31 bits per heavy atom. The summed E-state index contributed by atoms with van der Waals surface area (Å²) in [6.07, 6.45) is 1.82. The Bertz CT molecular complexity index is 1220. The van der Waals surface area contributed by atoms with E-state index < -0.39 is 12.7 Å². The lowest BCUT2D eigenvalue weighted by atomic mass is 10.0. The summed E-state index contributed by atoms with van der Waals surface area (Å²) < 4.78 is 29.7. The fourth-order valence-corrected chi connectivity index (χ4v) is 3.98. The van der Waals surface area contributed by atoms with Gasteiger partial charge < -0.3 is 9.64 Å². The van der Waals surface area contributed by atoms with Gasteiger partial charge in [0.05, 0.1) is 34.0 Å². The van der Waals surface area contributed by atoms with Crippen molar-refractivity contribution in [1.29, 1.82) is 5.26 Å². The highest BCUT2D eigenvalue weighted by atomic mass is 35.5. The number of alkyl halides is 2. The van der Waals surface area contributed by atoms with E-state index in [1.165, 1.54) is 23.2 Å². The quantitative estimate of drug-likeness (QED) is 0.226. The van der Waals surface area contributed by atoms with Crippen molar-refractivity contribution in [3.63, 3.8) is 0 Å². The van der Waals surface area contributed by atoms with Crippen LogP contribution in [0.15, 0.2) is 52.6 Å². The van der Waals surface area contributed by atoms with Gasteiger partial charge >= 0.3 is 6.61 Å². The highest BCUT2D eigenvalue weighted by Gasteiger charge is 2.37. The molecule has 1 aliphatic heterocycles. The van der Waals surface area contributed by atoms with Crippen molar-refractivity contribution in [2.24, 2.45) is 16.0 Å². The second kappa shape index (κ2) is 12.0. The topological polar surface area (TPSA) is 93.3 Å². The monoisotopic (exact) mass is 536 g/mol. The predicted octanol–water partition coefficient (Wildman–Crippen LogP) is 5.25. The molecule has 190 valence electrons. The van der Waals surface area contributed by atoms with Gasteiger partial charge in [-0.2, -0.15) is 19.1 Å². The van der Waals surface area contributed by atoms with Gasteiger partial charge in [-0.05, 0) is 31.2 Å². The van der Waals surface area contributed by atoms with E-state index in [-0.39, 0.29) is 35.8 Å². The fourth-order valence-electron chi connectivity index (χ4n) is 3.69. The minimum absolute atomic E-state index is 0.0415. The van der Waals surface area contributed by atoms with Crippen LogP contribution >= 0.6 is 23.2 Å². The molecule has 3 rings (SSSR count). The summed E-state index contributed by atoms with van der Waals surface area (Å²) in [7, 11) is 0. The maximum atomic E-state index is 13.0. The van der Waals surface area contributed by atoms with E-state index in [9.17, 15) is 18.8 Å². The molecule has 0 aromatic heterocycles. The number of aliphatic imine (C=N–C) groups is 1. The number of hydrazone groups is 1. The second-order valence-electron chi connectivity index (χ2n) is 8.04. The number of hydrogen-bond donors (Lipinski definition) is 1.